The number of amides is 1. The topological polar surface area (TPSA) is 58.6 Å². The molecule has 1 atom stereocenters. The number of rotatable bonds is 1. The average Bonchev–Trinajstić information content (AvgIpc) is 2.40. The Bertz CT molecular complexity index is 589. The van der Waals surface area contributed by atoms with Crippen LogP contribution in [0.1, 0.15) is 42.5 Å². The van der Waals surface area contributed by atoms with Crippen LogP contribution in [-0.2, 0) is 11.2 Å². The molecule has 1 unspecified atom stereocenters. The third kappa shape index (κ3) is 5.13. The van der Waals surface area contributed by atoms with E-state index < -0.39 is 0 Å². The number of fused-ring (bicyclic) bond motifs is 1. The van der Waals surface area contributed by atoms with Gasteiger partial charge in [-0.05, 0) is 57.2 Å². The van der Waals surface area contributed by atoms with Crippen LogP contribution < -0.4 is 10.2 Å². The van der Waals surface area contributed by atoms with Crippen LogP contribution in [0.25, 0.3) is 0 Å². The van der Waals surface area contributed by atoms with E-state index in [-0.39, 0.29) is 5.91 Å². The van der Waals surface area contributed by atoms with Crippen molar-refractivity contribution < 1.29 is 19.2 Å². The van der Waals surface area contributed by atoms with E-state index in [1.54, 1.807) is 0 Å². The van der Waals surface area contributed by atoms with Gasteiger partial charge in [0, 0.05) is 12.5 Å². The molecule has 1 aromatic carbocycles. The van der Waals surface area contributed by atoms with Crippen LogP contribution in [0.3, 0.4) is 0 Å². The van der Waals surface area contributed by atoms with Gasteiger partial charge in [-0.2, -0.15) is 0 Å². The highest BCUT2D eigenvalue weighted by molar-refractivity contribution is 5.71. The van der Waals surface area contributed by atoms with Crippen LogP contribution in [0.15, 0.2) is 0 Å². The summed E-state index contributed by atoms with van der Waals surface area (Å²) >= 11 is 0. The Kier molecular flexibility index (Phi) is 6.05. The molecule has 1 heterocycles. The molecule has 5 nitrogen and oxygen atoms in total. The molecule has 2 rings (SSSR count). The molecule has 5 heteroatoms. The van der Waals surface area contributed by atoms with Crippen LogP contribution in [0.5, 0.6) is 11.5 Å². The first-order chi connectivity index (χ1) is 10.4. The molecule has 0 aromatic heterocycles. The monoisotopic (exact) mass is 323 g/mol. The zero-order chi connectivity index (χ0) is 17.9. The van der Waals surface area contributed by atoms with Gasteiger partial charge in [-0.3, -0.25) is 4.79 Å². The summed E-state index contributed by atoms with van der Waals surface area (Å²) in [6, 6.07) is 0. The van der Waals surface area contributed by atoms with Crippen molar-refractivity contribution in [1.29, 1.82) is 0 Å². The van der Waals surface area contributed by atoms with Crippen molar-refractivity contribution in [2.24, 2.45) is 0 Å². The number of carbonyl (C=O) groups is 1. The van der Waals surface area contributed by atoms with E-state index in [2.05, 4.69) is 12.3 Å². The molecule has 1 aliphatic heterocycles. The first-order valence-electron chi connectivity index (χ1n) is 8.02. The summed E-state index contributed by atoms with van der Waals surface area (Å²) < 4.78 is 6.35. The molecule has 0 fully saturated rings. The summed E-state index contributed by atoms with van der Waals surface area (Å²) in [6.45, 7) is 9.54. The Hall–Kier alpha value is -1.75. The number of ether oxygens (including phenoxy) is 1. The fourth-order valence-electron chi connectivity index (χ4n) is 2.71. The maximum absolute atomic E-state index is 10.3. The molecule has 130 valence electrons. The Labute approximate surface area is 139 Å². The quantitative estimate of drug-likeness (QED) is 0.617. The van der Waals surface area contributed by atoms with Gasteiger partial charge in [0.2, 0.25) is 0 Å². The van der Waals surface area contributed by atoms with E-state index in [4.69, 9.17) is 4.74 Å². The standard InChI is InChI=1S/C13H18O2.C5H12N2O/c1-7-5-6-11-10(4)12(14)8(2)9(3)13(11)15-7;1-5(8)6-7(2,3)4/h7,14H,5-6H2,1-4H3;1-4H3/p+1. The van der Waals surface area contributed by atoms with E-state index in [1.165, 1.54) is 12.5 Å². The molecule has 1 amide bonds. The number of carbonyl (C=O) groups excluding carboxylic acids is 1. The van der Waals surface area contributed by atoms with Crippen molar-refractivity contribution in [3.05, 3.63) is 22.3 Å². The lowest BCUT2D eigenvalue weighted by Crippen LogP contribution is -2.50. The van der Waals surface area contributed by atoms with E-state index >= 15 is 0 Å². The maximum Gasteiger partial charge on any atom is 0.261 e. The van der Waals surface area contributed by atoms with Gasteiger partial charge in [-0.15, -0.1) is 0 Å². The van der Waals surface area contributed by atoms with Crippen molar-refractivity contribution in [3.8, 4) is 11.5 Å². The highest BCUT2D eigenvalue weighted by Crippen LogP contribution is 2.40. The summed E-state index contributed by atoms with van der Waals surface area (Å²) in [4.78, 5) is 10.3. The van der Waals surface area contributed by atoms with Crippen LogP contribution in [0.2, 0.25) is 0 Å². The van der Waals surface area contributed by atoms with E-state index in [9.17, 15) is 9.90 Å². The molecule has 0 radical (unpaired) electrons. The second-order valence-electron chi connectivity index (χ2n) is 7.18. The van der Waals surface area contributed by atoms with Gasteiger partial charge in [-0.1, -0.05) is 0 Å². The zero-order valence-electron chi connectivity index (χ0n) is 15.7. The van der Waals surface area contributed by atoms with Crippen molar-refractivity contribution in [1.82, 2.24) is 5.43 Å². The summed E-state index contributed by atoms with van der Waals surface area (Å²) in [5.74, 6) is 1.43. The highest BCUT2D eigenvalue weighted by atomic mass is 16.5. The number of phenols is 1. The minimum Gasteiger partial charge on any atom is -0.507 e. The summed E-state index contributed by atoms with van der Waals surface area (Å²) in [5.41, 5.74) is 6.88. The van der Waals surface area contributed by atoms with Gasteiger partial charge in [0.25, 0.3) is 5.91 Å². The number of phenolic OH excluding ortho intramolecular Hbond substituents is 1. The van der Waals surface area contributed by atoms with Gasteiger partial charge >= 0.3 is 0 Å². The Balaban J connectivity index is 0.000000284. The predicted octanol–water partition coefficient (Wildman–Crippen LogP) is 2.77. The van der Waals surface area contributed by atoms with Crippen LogP contribution in [-0.4, -0.2) is 42.9 Å². The molecule has 0 saturated carbocycles. The molecular formula is C18H31N2O3+. The number of benzene rings is 1. The third-order valence-corrected chi connectivity index (χ3v) is 3.95. The van der Waals surface area contributed by atoms with Gasteiger partial charge < -0.3 is 9.84 Å². The lowest BCUT2D eigenvalue weighted by molar-refractivity contribution is -0.906. The number of aromatic hydroxyl groups is 1. The fraction of sp³-hybridized carbons (Fsp3) is 0.611. The molecule has 1 aromatic rings. The Morgan fingerprint density at radius 3 is 2.17 bits per heavy atom. The number of quaternary nitrogens is 1. The Morgan fingerprint density at radius 2 is 1.74 bits per heavy atom. The fourth-order valence-corrected chi connectivity index (χ4v) is 2.71. The molecule has 1 aliphatic rings. The Morgan fingerprint density at radius 1 is 1.17 bits per heavy atom. The SMILES string of the molecule is CC(=O)N[N+](C)(C)C.Cc1c(C)c2c(c(C)c1O)CCC(C)O2. The minimum atomic E-state index is -0.00231. The average molecular weight is 323 g/mol. The largest absolute Gasteiger partial charge is 0.507 e. The van der Waals surface area contributed by atoms with Crippen LogP contribution in [0, 0.1) is 20.8 Å². The summed E-state index contributed by atoms with van der Waals surface area (Å²) in [6.07, 6.45) is 2.34. The molecule has 0 saturated heterocycles. The number of hydrogen-bond donors (Lipinski definition) is 2. The molecular weight excluding hydrogens is 292 g/mol. The van der Waals surface area contributed by atoms with Crippen LogP contribution in [0.4, 0.5) is 0 Å². The van der Waals surface area contributed by atoms with E-state index in [0.29, 0.717) is 16.4 Å². The van der Waals surface area contributed by atoms with Crippen molar-refractivity contribution in [2.75, 3.05) is 21.1 Å². The van der Waals surface area contributed by atoms with E-state index in [0.717, 1.165) is 35.3 Å². The summed E-state index contributed by atoms with van der Waals surface area (Å²) in [7, 11) is 5.67. The summed E-state index contributed by atoms with van der Waals surface area (Å²) in [5, 5.41) is 9.95. The second kappa shape index (κ2) is 7.21. The minimum absolute atomic E-state index is 0.00231. The number of nitrogens with zero attached hydrogens (tertiary/aromatic N) is 1. The van der Waals surface area contributed by atoms with Gasteiger partial charge in [0.15, 0.2) is 0 Å². The van der Waals surface area contributed by atoms with Gasteiger partial charge in [0.05, 0.1) is 27.2 Å². The molecule has 0 aliphatic carbocycles. The molecule has 23 heavy (non-hydrogen) atoms. The van der Waals surface area contributed by atoms with Crippen molar-refractivity contribution in [3.63, 3.8) is 0 Å². The maximum atomic E-state index is 10.3. The molecule has 2 N–H and O–H groups in total. The predicted molar refractivity (Wildman–Crippen MR) is 92.6 cm³/mol. The zero-order valence-corrected chi connectivity index (χ0v) is 15.7. The van der Waals surface area contributed by atoms with Crippen molar-refractivity contribution in [2.45, 2.75) is 53.6 Å². The van der Waals surface area contributed by atoms with E-state index in [1.807, 2.05) is 41.9 Å². The lowest BCUT2D eigenvalue weighted by Gasteiger charge is -2.27. The highest BCUT2D eigenvalue weighted by Gasteiger charge is 2.23. The number of hydrogen-bond acceptors (Lipinski definition) is 3. The first-order valence-corrected chi connectivity index (χ1v) is 8.02. The molecule has 0 spiro atoms. The lowest BCUT2D eigenvalue weighted by atomic mass is 9.92. The third-order valence-electron chi connectivity index (χ3n) is 3.95. The number of nitrogens with one attached hydrogen (secondary N) is 1. The van der Waals surface area contributed by atoms with Crippen molar-refractivity contribution >= 4 is 5.91 Å². The molecule has 0 bridgehead atoms. The van der Waals surface area contributed by atoms with Gasteiger partial charge in [0.1, 0.15) is 11.5 Å². The smallest absolute Gasteiger partial charge is 0.261 e. The second-order valence-corrected chi connectivity index (χ2v) is 7.18. The normalized spacial score (nSPS) is 16.6. The van der Waals surface area contributed by atoms with Crippen LogP contribution >= 0.6 is 0 Å². The first kappa shape index (κ1) is 19.3. The van der Waals surface area contributed by atoms with Gasteiger partial charge in [-0.25, -0.2) is 10.0 Å².